The molecule has 2 aromatic rings. The van der Waals surface area contributed by atoms with Crippen molar-refractivity contribution in [3.05, 3.63) is 36.0 Å². The fourth-order valence-corrected chi connectivity index (χ4v) is 3.68. The summed E-state index contributed by atoms with van der Waals surface area (Å²) in [6.45, 7) is 4.86. The second-order valence-electron chi connectivity index (χ2n) is 7.17. The van der Waals surface area contributed by atoms with Crippen molar-refractivity contribution in [1.82, 2.24) is 15.2 Å². The van der Waals surface area contributed by atoms with E-state index in [1.54, 1.807) is 0 Å². The molecule has 4 rings (SSSR count). The average Bonchev–Trinajstić information content (AvgIpc) is 2.74. The van der Waals surface area contributed by atoms with E-state index < -0.39 is 11.7 Å². The van der Waals surface area contributed by atoms with Gasteiger partial charge < -0.3 is 14.7 Å². The number of pyridine rings is 1. The number of alkyl halides is 3. The van der Waals surface area contributed by atoms with E-state index in [0.717, 1.165) is 50.1 Å². The molecule has 28 heavy (non-hydrogen) atoms. The molecule has 4 heterocycles. The fraction of sp³-hybridized carbons (Fsp3) is 0.526. The molecule has 2 aromatic heterocycles. The number of rotatable bonds is 3. The summed E-state index contributed by atoms with van der Waals surface area (Å²) in [4.78, 5) is 10.4. The van der Waals surface area contributed by atoms with Crippen LogP contribution in [0.2, 0.25) is 0 Å². The highest BCUT2D eigenvalue weighted by Gasteiger charge is 2.31. The predicted octanol–water partition coefficient (Wildman–Crippen LogP) is 3.21. The molecule has 0 bridgehead atoms. The van der Waals surface area contributed by atoms with Crippen molar-refractivity contribution in [2.75, 3.05) is 54.0 Å². The Morgan fingerprint density at radius 1 is 0.643 bits per heavy atom. The molecule has 2 aliphatic heterocycles. The van der Waals surface area contributed by atoms with Crippen molar-refractivity contribution in [2.24, 2.45) is 0 Å². The van der Waals surface area contributed by atoms with Crippen LogP contribution < -0.4 is 14.7 Å². The van der Waals surface area contributed by atoms with Gasteiger partial charge in [0.2, 0.25) is 0 Å². The first kappa shape index (κ1) is 18.8. The quantitative estimate of drug-likeness (QED) is 0.800. The van der Waals surface area contributed by atoms with Crippen molar-refractivity contribution in [3.63, 3.8) is 0 Å². The zero-order valence-electron chi connectivity index (χ0n) is 15.6. The molecule has 0 radical (unpaired) electrons. The lowest BCUT2D eigenvalue weighted by Crippen LogP contribution is -2.47. The van der Waals surface area contributed by atoms with Gasteiger partial charge in [-0.15, -0.1) is 10.2 Å². The Hall–Kier alpha value is -2.58. The molecule has 6 nitrogen and oxygen atoms in total. The molecule has 0 atom stereocenters. The number of piperazine rings is 1. The molecule has 2 aliphatic rings. The molecule has 150 valence electrons. The number of aromatic nitrogens is 3. The minimum Gasteiger partial charge on any atom is -0.355 e. The topological polar surface area (TPSA) is 48.4 Å². The van der Waals surface area contributed by atoms with Crippen LogP contribution in [0.5, 0.6) is 0 Å². The van der Waals surface area contributed by atoms with Crippen LogP contribution in [0.15, 0.2) is 30.5 Å². The van der Waals surface area contributed by atoms with Crippen LogP contribution in [-0.2, 0) is 6.18 Å². The van der Waals surface area contributed by atoms with E-state index in [0.29, 0.717) is 18.9 Å². The maximum atomic E-state index is 12.7. The normalized spacial score (nSPS) is 18.5. The summed E-state index contributed by atoms with van der Waals surface area (Å²) in [6.07, 6.45) is 0.211. The highest BCUT2D eigenvalue weighted by molar-refractivity contribution is 5.48. The van der Waals surface area contributed by atoms with Gasteiger partial charge in [0, 0.05) is 45.5 Å². The highest BCUT2D eigenvalue weighted by Crippen LogP contribution is 2.29. The summed E-state index contributed by atoms with van der Waals surface area (Å²) >= 11 is 0. The van der Waals surface area contributed by atoms with Crippen LogP contribution in [0.4, 0.5) is 30.6 Å². The minimum atomic E-state index is -4.36. The Balaban J connectivity index is 1.35. The molecule has 0 aromatic carbocycles. The van der Waals surface area contributed by atoms with Crippen molar-refractivity contribution >= 4 is 17.5 Å². The summed E-state index contributed by atoms with van der Waals surface area (Å²) in [6, 6.07) is 6.55. The smallest absolute Gasteiger partial charge is 0.355 e. The second-order valence-corrected chi connectivity index (χ2v) is 7.17. The zero-order chi connectivity index (χ0) is 19.6. The van der Waals surface area contributed by atoms with Gasteiger partial charge in [-0.3, -0.25) is 0 Å². The Labute approximate surface area is 162 Å². The van der Waals surface area contributed by atoms with Crippen LogP contribution in [0.25, 0.3) is 0 Å². The fourth-order valence-electron chi connectivity index (χ4n) is 3.68. The summed E-state index contributed by atoms with van der Waals surface area (Å²) < 4.78 is 38.0. The van der Waals surface area contributed by atoms with Gasteiger partial charge in [-0.05, 0) is 43.5 Å². The molecule has 0 saturated carbocycles. The number of piperidine rings is 1. The van der Waals surface area contributed by atoms with Crippen LogP contribution in [-0.4, -0.2) is 54.4 Å². The second kappa shape index (κ2) is 7.81. The first-order chi connectivity index (χ1) is 13.5. The van der Waals surface area contributed by atoms with Gasteiger partial charge in [0.05, 0.1) is 5.56 Å². The lowest BCUT2D eigenvalue weighted by atomic mass is 10.1. The molecule has 2 saturated heterocycles. The maximum Gasteiger partial charge on any atom is 0.417 e. The van der Waals surface area contributed by atoms with Crippen LogP contribution in [0.3, 0.4) is 0 Å². The number of hydrogen-bond donors (Lipinski definition) is 0. The third kappa shape index (κ3) is 4.13. The Bertz CT molecular complexity index is 764. The third-order valence-corrected chi connectivity index (χ3v) is 5.32. The number of halogens is 3. The first-order valence-electron chi connectivity index (χ1n) is 9.62. The summed E-state index contributed by atoms with van der Waals surface area (Å²) in [7, 11) is 0. The van der Waals surface area contributed by atoms with Gasteiger partial charge in [-0.1, -0.05) is 0 Å². The summed E-state index contributed by atoms with van der Waals surface area (Å²) in [5, 5.41) is 8.78. The highest BCUT2D eigenvalue weighted by atomic mass is 19.4. The monoisotopic (exact) mass is 392 g/mol. The Morgan fingerprint density at radius 3 is 1.61 bits per heavy atom. The van der Waals surface area contributed by atoms with E-state index in [4.69, 9.17) is 0 Å². The van der Waals surface area contributed by atoms with Gasteiger partial charge in [-0.25, -0.2) is 4.98 Å². The van der Waals surface area contributed by atoms with E-state index in [-0.39, 0.29) is 0 Å². The predicted molar refractivity (Wildman–Crippen MR) is 102 cm³/mol. The number of hydrogen-bond acceptors (Lipinski definition) is 6. The molecular weight excluding hydrogens is 369 g/mol. The van der Waals surface area contributed by atoms with Gasteiger partial charge in [-0.2, -0.15) is 13.2 Å². The average molecular weight is 392 g/mol. The van der Waals surface area contributed by atoms with E-state index in [1.807, 2.05) is 17.0 Å². The molecule has 0 N–H and O–H groups in total. The number of anilines is 3. The van der Waals surface area contributed by atoms with E-state index in [2.05, 4.69) is 25.0 Å². The molecule has 9 heteroatoms. The van der Waals surface area contributed by atoms with Crippen LogP contribution in [0.1, 0.15) is 24.8 Å². The lowest BCUT2D eigenvalue weighted by Gasteiger charge is -2.36. The summed E-state index contributed by atoms with van der Waals surface area (Å²) in [5.74, 6) is 2.33. The van der Waals surface area contributed by atoms with Gasteiger partial charge in [0.1, 0.15) is 5.82 Å². The van der Waals surface area contributed by atoms with Gasteiger partial charge in [0.25, 0.3) is 0 Å². The molecule has 2 fully saturated rings. The largest absolute Gasteiger partial charge is 0.417 e. The van der Waals surface area contributed by atoms with Crippen molar-refractivity contribution in [3.8, 4) is 0 Å². The molecule has 0 amide bonds. The molecule has 0 spiro atoms. The van der Waals surface area contributed by atoms with Crippen molar-refractivity contribution in [2.45, 2.75) is 25.4 Å². The van der Waals surface area contributed by atoms with Crippen LogP contribution in [0, 0.1) is 0 Å². The molecule has 0 unspecified atom stereocenters. The maximum absolute atomic E-state index is 12.7. The lowest BCUT2D eigenvalue weighted by molar-refractivity contribution is -0.137. The third-order valence-electron chi connectivity index (χ3n) is 5.32. The van der Waals surface area contributed by atoms with Crippen molar-refractivity contribution in [1.29, 1.82) is 0 Å². The standard InChI is InChI=1S/C19H23F3N6/c20-19(21,22)15-4-5-16(23-14-15)27-10-12-28(13-11-27)18-7-6-17(24-25-18)26-8-2-1-3-9-26/h4-7,14H,1-3,8-13H2. The van der Waals surface area contributed by atoms with E-state index in [1.165, 1.54) is 25.3 Å². The van der Waals surface area contributed by atoms with Crippen LogP contribution >= 0.6 is 0 Å². The first-order valence-corrected chi connectivity index (χ1v) is 9.62. The molecule has 0 aliphatic carbocycles. The van der Waals surface area contributed by atoms with Crippen molar-refractivity contribution < 1.29 is 13.2 Å². The Morgan fingerprint density at radius 2 is 1.14 bits per heavy atom. The summed E-state index contributed by atoms with van der Waals surface area (Å²) in [5.41, 5.74) is -0.723. The van der Waals surface area contributed by atoms with E-state index >= 15 is 0 Å². The SMILES string of the molecule is FC(F)(F)c1ccc(N2CCN(c3ccc(N4CCCCC4)nn3)CC2)nc1. The van der Waals surface area contributed by atoms with E-state index in [9.17, 15) is 13.2 Å². The van der Waals surface area contributed by atoms with Gasteiger partial charge in [0.15, 0.2) is 11.6 Å². The number of nitrogens with zero attached hydrogens (tertiary/aromatic N) is 6. The zero-order valence-corrected chi connectivity index (χ0v) is 15.6. The molecular formula is C19H23F3N6. The Kier molecular flexibility index (Phi) is 5.23. The van der Waals surface area contributed by atoms with Gasteiger partial charge >= 0.3 is 6.18 Å². The minimum absolute atomic E-state index is 0.569.